The highest BCUT2D eigenvalue weighted by atomic mass is 31.2. The Bertz CT molecular complexity index is 257. The van der Waals surface area contributed by atoms with Gasteiger partial charge in [-0.15, -0.1) is 0 Å². The highest BCUT2D eigenvalue weighted by Gasteiger charge is 2.25. The van der Waals surface area contributed by atoms with E-state index in [4.69, 9.17) is 9.05 Å². The molecule has 0 unspecified atom stereocenters. The van der Waals surface area contributed by atoms with Crippen molar-refractivity contribution in [3.8, 4) is 0 Å². The predicted octanol–water partition coefficient (Wildman–Crippen LogP) is 2.95. The molecular formula is C12H26NO4P. The van der Waals surface area contributed by atoms with Crippen molar-refractivity contribution in [3.63, 3.8) is 0 Å². The summed E-state index contributed by atoms with van der Waals surface area (Å²) in [6.07, 6.45) is 3.98. The van der Waals surface area contributed by atoms with Crippen molar-refractivity contribution in [2.45, 2.75) is 46.0 Å². The first-order valence-corrected chi connectivity index (χ1v) is 8.39. The summed E-state index contributed by atoms with van der Waals surface area (Å²) in [5.74, 6) is -0.145. The van der Waals surface area contributed by atoms with Gasteiger partial charge in [0, 0.05) is 13.5 Å². The highest BCUT2D eigenvalue weighted by molar-refractivity contribution is 7.53. The van der Waals surface area contributed by atoms with Crippen LogP contribution < -0.4 is 5.32 Å². The second kappa shape index (κ2) is 10.5. The van der Waals surface area contributed by atoms with Crippen LogP contribution in [0.4, 0.5) is 0 Å². The molecular weight excluding hydrogens is 253 g/mol. The van der Waals surface area contributed by atoms with E-state index in [-0.39, 0.29) is 18.5 Å². The van der Waals surface area contributed by atoms with Gasteiger partial charge in [0.05, 0.1) is 19.4 Å². The minimum Gasteiger partial charge on any atom is -0.359 e. The van der Waals surface area contributed by atoms with Crippen LogP contribution in [0.3, 0.4) is 0 Å². The van der Waals surface area contributed by atoms with Gasteiger partial charge in [-0.25, -0.2) is 0 Å². The molecule has 0 atom stereocenters. The third-order valence-electron chi connectivity index (χ3n) is 2.46. The summed E-state index contributed by atoms with van der Waals surface area (Å²) in [4.78, 5) is 11.2. The Morgan fingerprint density at radius 1 is 1.11 bits per heavy atom. The van der Waals surface area contributed by atoms with Gasteiger partial charge in [0.1, 0.15) is 0 Å². The zero-order valence-corrected chi connectivity index (χ0v) is 12.6. The molecule has 0 aliphatic heterocycles. The number of unbranched alkanes of at least 4 members (excludes halogenated alkanes) is 2. The van der Waals surface area contributed by atoms with E-state index in [2.05, 4.69) is 5.32 Å². The largest absolute Gasteiger partial charge is 0.359 e. The number of hydrogen-bond donors (Lipinski definition) is 1. The molecule has 0 heterocycles. The van der Waals surface area contributed by atoms with Gasteiger partial charge in [-0.3, -0.25) is 9.36 Å². The lowest BCUT2D eigenvalue weighted by Gasteiger charge is -2.18. The lowest BCUT2D eigenvalue weighted by Crippen LogP contribution is -2.19. The Morgan fingerprint density at radius 3 is 2.00 bits per heavy atom. The first kappa shape index (κ1) is 17.6. The lowest BCUT2D eigenvalue weighted by atomic mass is 10.4. The fraction of sp³-hybridized carbons (Fsp3) is 0.917. The average molecular weight is 279 g/mol. The van der Waals surface area contributed by atoms with Crippen LogP contribution >= 0.6 is 7.60 Å². The van der Waals surface area contributed by atoms with Crippen molar-refractivity contribution in [2.75, 3.05) is 26.4 Å². The first-order chi connectivity index (χ1) is 8.58. The smallest absolute Gasteiger partial charge is 0.331 e. The molecule has 0 spiro atoms. The van der Waals surface area contributed by atoms with E-state index in [9.17, 15) is 9.36 Å². The van der Waals surface area contributed by atoms with Gasteiger partial charge in [-0.1, -0.05) is 26.7 Å². The molecule has 1 N–H and O–H groups in total. The summed E-state index contributed by atoms with van der Waals surface area (Å²) in [6, 6.07) is 0. The summed E-state index contributed by atoms with van der Waals surface area (Å²) >= 11 is 0. The number of hydrogen-bond acceptors (Lipinski definition) is 4. The lowest BCUT2D eigenvalue weighted by molar-refractivity contribution is -0.120. The monoisotopic (exact) mass is 279 g/mol. The van der Waals surface area contributed by atoms with E-state index in [0.717, 1.165) is 25.7 Å². The van der Waals surface area contributed by atoms with Crippen molar-refractivity contribution in [1.82, 2.24) is 5.32 Å². The summed E-state index contributed by atoms with van der Waals surface area (Å²) in [5.41, 5.74) is 0. The van der Waals surface area contributed by atoms with E-state index in [1.165, 1.54) is 0 Å². The molecule has 0 saturated heterocycles. The van der Waals surface area contributed by atoms with Crippen LogP contribution in [0.5, 0.6) is 0 Å². The van der Waals surface area contributed by atoms with Crippen LogP contribution in [0.15, 0.2) is 0 Å². The molecule has 1 amide bonds. The average Bonchev–Trinajstić information content (AvgIpc) is 2.37. The van der Waals surface area contributed by atoms with Crippen LogP contribution in [0, 0.1) is 0 Å². The van der Waals surface area contributed by atoms with E-state index in [1.807, 2.05) is 13.8 Å². The van der Waals surface area contributed by atoms with Gasteiger partial charge >= 0.3 is 7.60 Å². The minimum atomic E-state index is -3.11. The predicted molar refractivity (Wildman–Crippen MR) is 72.9 cm³/mol. The maximum atomic E-state index is 12.4. The Morgan fingerprint density at radius 2 is 1.61 bits per heavy atom. The third kappa shape index (κ3) is 8.67. The van der Waals surface area contributed by atoms with E-state index >= 15 is 0 Å². The highest BCUT2D eigenvalue weighted by Crippen LogP contribution is 2.49. The standard InChI is InChI=1S/C12H26NO4P/c1-4-6-9-16-18(15,17-10-7-5-2)11-8-12(14)13-3/h4-11H2,1-3H3,(H,13,14). The van der Waals surface area contributed by atoms with E-state index in [0.29, 0.717) is 13.2 Å². The van der Waals surface area contributed by atoms with Gasteiger partial charge in [0.2, 0.25) is 5.91 Å². The summed E-state index contributed by atoms with van der Waals surface area (Å²) < 4.78 is 23.1. The summed E-state index contributed by atoms with van der Waals surface area (Å²) in [7, 11) is -1.55. The quantitative estimate of drug-likeness (QED) is 0.466. The molecule has 0 aromatic rings. The third-order valence-corrected chi connectivity index (χ3v) is 4.39. The molecule has 0 aromatic heterocycles. The van der Waals surface area contributed by atoms with Crippen LogP contribution in [0.1, 0.15) is 46.0 Å². The molecule has 0 rings (SSSR count). The fourth-order valence-corrected chi connectivity index (χ4v) is 2.85. The maximum Gasteiger partial charge on any atom is 0.331 e. The normalized spacial score (nSPS) is 11.5. The number of carbonyl (C=O) groups excluding carboxylic acids is 1. The Hall–Kier alpha value is -0.380. The van der Waals surface area contributed by atoms with Crippen molar-refractivity contribution in [3.05, 3.63) is 0 Å². The van der Waals surface area contributed by atoms with Gasteiger partial charge in [-0.05, 0) is 12.8 Å². The topological polar surface area (TPSA) is 64.6 Å². The molecule has 0 aliphatic carbocycles. The second-order valence-electron chi connectivity index (χ2n) is 4.13. The SMILES string of the molecule is CCCCOP(=O)(CCC(=O)NC)OCCCC. The number of amides is 1. The Balaban J connectivity index is 4.20. The zero-order chi connectivity index (χ0) is 13.9. The zero-order valence-electron chi connectivity index (χ0n) is 11.7. The molecule has 0 aromatic carbocycles. The van der Waals surface area contributed by atoms with Crippen LogP contribution in [-0.4, -0.2) is 32.3 Å². The van der Waals surface area contributed by atoms with Crippen molar-refractivity contribution < 1.29 is 18.4 Å². The molecule has 18 heavy (non-hydrogen) atoms. The van der Waals surface area contributed by atoms with Crippen LogP contribution in [0.25, 0.3) is 0 Å². The number of rotatable bonds is 11. The molecule has 6 heteroatoms. The molecule has 0 saturated carbocycles. The van der Waals surface area contributed by atoms with Gasteiger partial charge in [0.25, 0.3) is 0 Å². The van der Waals surface area contributed by atoms with Crippen molar-refractivity contribution in [2.24, 2.45) is 0 Å². The molecule has 0 bridgehead atoms. The summed E-state index contributed by atoms with van der Waals surface area (Å²) in [5, 5.41) is 2.50. The molecule has 0 aliphatic rings. The molecule has 0 fully saturated rings. The van der Waals surface area contributed by atoms with Crippen molar-refractivity contribution >= 4 is 13.5 Å². The Labute approximate surface area is 110 Å². The van der Waals surface area contributed by atoms with Gasteiger partial charge < -0.3 is 14.4 Å². The molecule has 5 nitrogen and oxygen atoms in total. The molecule has 108 valence electrons. The van der Waals surface area contributed by atoms with E-state index < -0.39 is 7.60 Å². The van der Waals surface area contributed by atoms with Gasteiger partial charge in [-0.2, -0.15) is 0 Å². The summed E-state index contributed by atoms with van der Waals surface area (Å²) in [6.45, 7) is 4.93. The van der Waals surface area contributed by atoms with E-state index in [1.54, 1.807) is 7.05 Å². The van der Waals surface area contributed by atoms with Crippen LogP contribution in [-0.2, 0) is 18.4 Å². The van der Waals surface area contributed by atoms with Crippen LogP contribution in [0.2, 0.25) is 0 Å². The number of nitrogens with one attached hydrogen (secondary N) is 1. The minimum absolute atomic E-state index is 0.145. The Kier molecular flexibility index (Phi) is 10.3. The second-order valence-corrected chi connectivity index (χ2v) is 6.32. The molecule has 0 radical (unpaired) electrons. The van der Waals surface area contributed by atoms with Crippen molar-refractivity contribution in [1.29, 1.82) is 0 Å². The fourth-order valence-electron chi connectivity index (χ4n) is 1.23. The van der Waals surface area contributed by atoms with Gasteiger partial charge in [0.15, 0.2) is 0 Å². The first-order valence-electron chi connectivity index (χ1n) is 6.66. The maximum absolute atomic E-state index is 12.4. The number of carbonyl (C=O) groups is 1.